The van der Waals surface area contributed by atoms with Crippen LogP contribution in [0, 0.1) is 5.92 Å². The van der Waals surface area contributed by atoms with E-state index < -0.39 is 0 Å². The van der Waals surface area contributed by atoms with E-state index >= 15 is 0 Å². The quantitative estimate of drug-likeness (QED) is 0.916. The van der Waals surface area contributed by atoms with Gasteiger partial charge in [-0.25, -0.2) is 0 Å². The van der Waals surface area contributed by atoms with Crippen LogP contribution in [-0.4, -0.2) is 24.5 Å². The first-order valence-corrected chi connectivity index (χ1v) is 6.81. The number of benzene rings is 1. The predicted molar refractivity (Wildman–Crippen MR) is 73.5 cm³/mol. The van der Waals surface area contributed by atoms with Crippen molar-refractivity contribution in [2.45, 2.75) is 19.4 Å². The van der Waals surface area contributed by atoms with Crippen molar-refractivity contribution in [2.75, 3.05) is 19.6 Å². The fourth-order valence-corrected chi connectivity index (χ4v) is 2.85. The Bertz CT molecular complexity index is 382. The van der Waals surface area contributed by atoms with Gasteiger partial charge in [0.05, 0.1) is 0 Å². The number of hydrogen-bond acceptors (Lipinski definition) is 2. The number of piperidine rings is 1. The fourth-order valence-electron chi connectivity index (χ4n) is 2.38. The standard InChI is InChI=1S/C13H18Cl2N2/c14-12-4-3-11(13(15)6-12)9-17-5-1-2-10(7-16)8-17/h3-4,6,10H,1-2,5,7-9,16H2/t10-/m0/s1. The minimum atomic E-state index is 0.634. The van der Waals surface area contributed by atoms with E-state index in [2.05, 4.69) is 4.90 Å². The normalized spacial score (nSPS) is 21.7. The molecule has 4 heteroatoms. The average molecular weight is 273 g/mol. The molecule has 1 aliphatic heterocycles. The lowest BCUT2D eigenvalue weighted by Crippen LogP contribution is -2.37. The molecule has 0 amide bonds. The molecule has 0 aliphatic carbocycles. The second-order valence-corrected chi connectivity index (χ2v) is 5.56. The fraction of sp³-hybridized carbons (Fsp3) is 0.538. The van der Waals surface area contributed by atoms with Gasteiger partial charge in [-0.1, -0.05) is 29.3 Å². The Morgan fingerprint density at radius 3 is 2.88 bits per heavy atom. The summed E-state index contributed by atoms with van der Waals surface area (Å²) in [6.07, 6.45) is 2.48. The lowest BCUT2D eigenvalue weighted by Gasteiger charge is -2.32. The largest absolute Gasteiger partial charge is 0.330 e. The second-order valence-electron chi connectivity index (χ2n) is 4.71. The number of nitrogens with two attached hydrogens (primary N) is 1. The van der Waals surface area contributed by atoms with Crippen molar-refractivity contribution < 1.29 is 0 Å². The summed E-state index contributed by atoms with van der Waals surface area (Å²) in [7, 11) is 0. The molecular weight excluding hydrogens is 255 g/mol. The van der Waals surface area contributed by atoms with Crippen LogP contribution in [0.25, 0.3) is 0 Å². The number of likely N-dealkylation sites (tertiary alicyclic amines) is 1. The third-order valence-corrected chi connectivity index (χ3v) is 3.93. The first kappa shape index (κ1) is 13.2. The summed E-state index contributed by atoms with van der Waals surface area (Å²) in [5.41, 5.74) is 6.89. The van der Waals surface area contributed by atoms with Gasteiger partial charge in [0.2, 0.25) is 0 Å². The number of nitrogens with zero attached hydrogens (tertiary/aromatic N) is 1. The molecule has 2 rings (SSSR count). The SMILES string of the molecule is NC[C@@H]1CCCN(Cc2ccc(Cl)cc2Cl)C1. The van der Waals surface area contributed by atoms with Gasteiger partial charge in [-0.15, -0.1) is 0 Å². The van der Waals surface area contributed by atoms with Crippen molar-refractivity contribution in [3.8, 4) is 0 Å². The molecule has 1 saturated heterocycles. The first-order chi connectivity index (χ1) is 8.19. The van der Waals surface area contributed by atoms with Gasteiger partial charge < -0.3 is 5.73 Å². The van der Waals surface area contributed by atoms with E-state index in [4.69, 9.17) is 28.9 Å². The van der Waals surface area contributed by atoms with Gasteiger partial charge >= 0.3 is 0 Å². The number of rotatable bonds is 3. The highest BCUT2D eigenvalue weighted by Gasteiger charge is 2.19. The summed E-state index contributed by atoms with van der Waals surface area (Å²) in [5, 5.41) is 1.45. The minimum absolute atomic E-state index is 0.634. The summed E-state index contributed by atoms with van der Waals surface area (Å²) in [6.45, 7) is 3.89. The molecule has 0 unspecified atom stereocenters. The van der Waals surface area contributed by atoms with Gasteiger partial charge in [0.25, 0.3) is 0 Å². The van der Waals surface area contributed by atoms with Gasteiger partial charge in [-0.05, 0) is 49.5 Å². The molecule has 1 heterocycles. The number of hydrogen-bond donors (Lipinski definition) is 1. The van der Waals surface area contributed by atoms with E-state index in [0.29, 0.717) is 10.9 Å². The lowest BCUT2D eigenvalue weighted by atomic mass is 9.98. The van der Waals surface area contributed by atoms with Crippen LogP contribution in [0.2, 0.25) is 10.0 Å². The lowest BCUT2D eigenvalue weighted by molar-refractivity contribution is 0.171. The number of halogens is 2. The van der Waals surface area contributed by atoms with Gasteiger partial charge in [0.1, 0.15) is 0 Å². The summed E-state index contributed by atoms with van der Waals surface area (Å²) in [4.78, 5) is 2.43. The maximum atomic E-state index is 6.18. The van der Waals surface area contributed by atoms with Crippen molar-refractivity contribution >= 4 is 23.2 Å². The zero-order valence-corrected chi connectivity index (χ0v) is 11.3. The highest BCUT2D eigenvalue weighted by atomic mass is 35.5. The van der Waals surface area contributed by atoms with Crippen LogP contribution < -0.4 is 5.73 Å². The van der Waals surface area contributed by atoms with Crippen molar-refractivity contribution in [3.05, 3.63) is 33.8 Å². The van der Waals surface area contributed by atoms with Crippen LogP contribution in [0.1, 0.15) is 18.4 Å². The van der Waals surface area contributed by atoms with Crippen molar-refractivity contribution in [2.24, 2.45) is 11.7 Å². The van der Waals surface area contributed by atoms with E-state index in [9.17, 15) is 0 Å². The summed E-state index contributed by atoms with van der Waals surface area (Å²) >= 11 is 12.1. The molecule has 0 aromatic heterocycles. The molecule has 2 nitrogen and oxygen atoms in total. The molecule has 1 atom stereocenters. The van der Waals surface area contributed by atoms with Crippen LogP contribution in [0.4, 0.5) is 0 Å². The van der Waals surface area contributed by atoms with Crippen LogP contribution >= 0.6 is 23.2 Å². The Balaban J connectivity index is 2.00. The Morgan fingerprint density at radius 2 is 2.18 bits per heavy atom. The molecule has 1 aromatic carbocycles. The first-order valence-electron chi connectivity index (χ1n) is 6.05. The van der Waals surface area contributed by atoms with Crippen LogP contribution in [-0.2, 0) is 6.54 Å². The van der Waals surface area contributed by atoms with E-state index in [1.54, 1.807) is 0 Å². The zero-order valence-electron chi connectivity index (χ0n) is 9.83. The van der Waals surface area contributed by atoms with Gasteiger partial charge in [0, 0.05) is 23.1 Å². The minimum Gasteiger partial charge on any atom is -0.330 e. The summed E-state index contributed by atoms with van der Waals surface area (Å²) in [6, 6.07) is 5.71. The Hall–Kier alpha value is -0.280. The zero-order chi connectivity index (χ0) is 12.3. The maximum absolute atomic E-state index is 6.18. The van der Waals surface area contributed by atoms with E-state index in [0.717, 1.165) is 36.8 Å². The molecule has 17 heavy (non-hydrogen) atoms. The van der Waals surface area contributed by atoms with Crippen LogP contribution in [0.3, 0.4) is 0 Å². The van der Waals surface area contributed by atoms with E-state index in [1.807, 2.05) is 18.2 Å². The van der Waals surface area contributed by atoms with Crippen molar-refractivity contribution in [3.63, 3.8) is 0 Å². The predicted octanol–water partition coefficient (Wildman–Crippen LogP) is 3.16. The highest BCUT2D eigenvalue weighted by Crippen LogP contribution is 2.24. The van der Waals surface area contributed by atoms with E-state index in [-0.39, 0.29) is 0 Å². The average Bonchev–Trinajstić information content (AvgIpc) is 2.33. The van der Waals surface area contributed by atoms with Gasteiger partial charge in [0.15, 0.2) is 0 Å². The van der Waals surface area contributed by atoms with E-state index in [1.165, 1.54) is 12.8 Å². The molecular formula is C13H18Cl2N2. The molecule has 94 valence electrons. The molecule has 2 N–H and O–H groups in total. The third-order valence-electron chi connectivity index (χ3n) is 3.35. The van der Waals surface area contributed by atoms with Crippen LogP contribution in [0.15, 0.2) is 18.2 Å². The molecule has 0 spiro atoms. The maximum Gasteiger partial charge on any atom is 0.0465 e. The van der Waals surface area contributed by atoms with Crippen LogP contribution in [0.5, 0.6) is 0 Å². The second kappa shape index (κ2) is 6.05. The monoisotopic (exact) mass is 272 g/mol. The molecule has 1 aromatic rings. The molecule has 0 saturated carbocycles. The summed E-state index contributed by atoms with van der Waals surface area (Å²) < 4.78 is 0. The Labute approximate surface area is 113 Å². The highest BCUT2D eigenvalue weighted by molar-refractivity contribution is 6.35. The topological polar surface area (TPSA) is 29.3 Å². The molecule has 1 aliphatic rings. The van der Waals surface area contributed by atoms with Gasteiger partial charge in [-0.2, -0.15) is 0 Å². The molecule has 0 bridgehead atoms. The Kier molecular flexibility index (Phi) is 4.69. The Morgan fingerprint density at radius 1 is 1.35 bits per heavy atom. The molecule has 0 radical (unpaired) electrons. The van der Waals surface area contributed by atoms with Gasteiger partial charge in [-0.3, -0.25) is 4.90 Å². The van der Waals surface area contributed by atoms with Crippen molar-refractivity contribution in [1.29, 1.82) is 0 Å². The van der Waals surface area contributed by atoms with Crippen molar-refractivity contribution in [1.82, 2.24) is 4.90 Å². The third kappa shape index (κ3) is 3.59. The summed E-state index contributed by atoms with van der Waals surface area (Å²) in [5.74, 6) is 0.634. The smallest absolute Gasteiger partial charge is 0.0465 e. The molecule has 1 fully saturated rings.